The van der Waals surface area contributed by atoms with Crippen LogP contribution in [0.5, 0.6) is 11.5 Å². The van der Waals surface area contributed by atoms with Gasteiger partial charge in [0.1, 0.15) is 11.3 Å². The Morgan fingerprint density at radius 1 is 1.06 bits per heavy atom. The van der Waals surface area contributed by atoms with Gasteiger partial charge in [-0.1, -0.05) is 17.4 Å². The molecular formula is C22H21F2N3O3S. The second-order valence-corrected chi connectivity index (χ2v) is 8.00. The van der Waals surface area contributed by atoms with Crippen LogP contribution in [0.3, 0.4) is 0 Å². The quantitative estimate of drug-likeness (QED) is 0.557. The fraction of sp³-hybridized carbons (Fsp3) is 0.273. The van der Waals surface area contributed by atoms with Crippen LogP contribution < -0.4 is 14.4 Å². The van der Waals surface area contributed by atoms with Gasteiger partial charge in [0.05, 0.1) is 18.9 Å². The summed E-state index contributed by atoms with van der Waals surface area (Å²) in [6.45, 7) is 2.17. The first-order valence-corrected chi connectivity index (χ1v) is 10.5. The molecule has 1 amide bonds. The molecule has 0 N–H and O–H groups in total. The number of methoxy groups -OCH3 is 2. The lowest BCUT2D eigenvalue weighted by Gasteiger charge is -2.34. The van der Waals surface area contributed by atoms with Crippen molar-refractivity contribution in [3.63, 3.8) is 0 Å². The molecule has 1 saturated heterocycles. The van der Waals surface area contributed by atoms with Crippen LogP contribution in [-0.4, -0.2) is 56.2 Å². The van der Waals surface area contributed by atoms with Crippen LogP contribution in [0.4, 0.5) is 13.9 Å². The highest BCUT2D eigenvalue weighted by molar-refractivity contribution is 7.22. The Labute approximate surface area is 182 Å². The number of halogens is 2. The number of aromatic nitrogens is 1. The number of rotatable bonds is 5. The molecule has 0 atom stereocenters. The molecule has 0 saturated carbocycles. The number of anilines is 1. The van der Waals surface area contributed by atoms with Crippen LogP contribution in [0, 0.1) is 11.6 Å². The average molecular weight is 445 g/mol. The Kier molecular flexibility index (Phi) is 6.03. The molecule has 6 nitrogen and oxygen atoms in total. The highest BCUT2D eigenvalue weighted by atomic mass is 32.1. The number of fused-ring (bicyclic) bond motifs is 1. The molecule has 3 aromatic rings. The predicted octanol–water partition coefficient (Wildman–Crippen LogP) is 3.95. The van der Waals surface area contributed by atoms with Crippen molar-refractivity contribution in [3.05, 3.63) is 53.6 Å². The van der Waals surface area contributed by atoms with E-state index in [0.717, 1.165) is 11.6 Å². The molecule has 0 aliphatic carbocycles. The Morgan fingerprint density at radius 3 is 2.52 bits per heavy atom. The van der Waals surface area contributed by atoms with Gasteiger partial charge in [0, 0.05) is 38.3 Å². The molecule has 2 heterocycles. The molecule has 1 fully saturated rings. The van der Waals surface area contributed by atoms with Crippen molar-refractivity contribution in [1.82, 2.24) is 9.88 Å². The Morgan fingerprint density at radius 2 is 1.81 bits per heavy atom. The van der Waals surface area contributed by atoms with Gasteiger partial charge >= 0.3 is 0 Å². The number of ether oxygens (including phenoxy) is 2. The van der Waals surface area contributed by atoms with Gasteiger partial charge in [-0.3, -0.25) is 4.79 Å². The fourth-order valence-corrected chi connectivity index (χ4v) is 4.48. The van der Waals surface area contributed by atoms with E-state index in [4.69, 9.17) is 9.47 Å². The molecular weight excluding hydrogens is 424 g/mol. The zero-order valence-electron chi connectivity index (χ0n) is 17.1. The monoisotopic (exact) mass is 445 g/mol. The summed E-state index contributed by atoms with van der Waals surface area (Å²) in [7, 11) is 3.13. The highest BCUT2D eigenvalue weighted by Gasteiger charge is 2.23. The molecule has 0 bridgehead atoms. The summed E-state index contributed by atoms with van der Waals surface area (Å²) in [4.78, 5) is 20.6. The van der Waals surface area contributed by atoms with Crippen LogP contribution >= 0.6 is 11.3 Å². The van der Waals surface area contributed by atoms with Crippen LogP contribution in [0.2, 0.25) is 0 Å². The predicted molar refractivity (Wildman–Crippen MR) is 117 cm³/mol. The first-order chi connectivity index (χ1) is 15.0. The molecule has 0 unspecified atom stereocenters. The standard InChI is InChI=1S/C22H21F2N3O3S/c1-29-17-5-3-14(11-18(17)30-2)4-6-20(28)26-7-9-27(10-8-26)22-25-21-16(24)12-15(23)13-19(21)31-22/h3-6,11-13H,7-10H2,1-2H3/b6-4-. The largest absolute Gasteiger partial charge is 0.493 e. The first kappa shape index (κ1) is 21.0. The summed E-state index contributed by atoms with van der Waals surface area (Å²) in [6.07, 6.45) is 3.27. The Bertz CT molecular complexity index is 1140. The minimum Gasteiger partial charge on any atom is -0.493 e. The van der Waals surface area contributed by atoms with E-state index in [9.17, 15) is 13.6 Å². The van der Waals surface area contributed by atoms with Gasteiger partial charge in [0.25, 0.3) is 0 Å². The molecule has 1 aliphatic heterocycles. The van der Waals surface area contributed by atoms with E-state index in [2.05, 4.69) is 4.98 Å². The van der Waals surface area contributed by atoms with E-state index >= 15 is 0 Å². The lowest BCUT2D eigenvalue weighted by Crippen LogP contribution is -2.48. The zero-order chi connectivity index (χ0) is 22.0. The van der Waals surface area contributed by atoms with Crippen molar-refractivity contribution >= 4 is 38.7 Å². The first-order valence-electron chi connectivity index (χ1n) is 9.68. The number of amides is 1. The van der Waals surface area contributed by atoms with Gasteiger partial charge in [0.2, 0.25) is 5.91 Å². The molecule has 2 aromatic carbocycles. The number of benzene rings is 2. The maximum absolute atomic E-state index is 13.9. The van der Waals surface area contributed by atoms with Crippen LogP contribution in [0.1, 0.15) is 5.56 Å². The van der Waals surface area contributed by atoms with Gasteiger partial charge in [-0.15, -0.1) is 0 Å². The van der Waals surface area contributed by atoms with Crippen molar-refractivity contribution in [1.29, 1.82) is 0 Å². The third kappa shape index (κ3) is 4.46. The lowest BCUT2D eigenvalue weighted by atomic mass is 10.2. The van der Waals surface area contributed by atoms with Gasteiger partial charge in [-0.2, -0.15) is 0 Å². The number of piperazine rings is 1. The fourth-order valence-electron chi connectivity index (χ4n) is 3.43. The molecule has 0 spiro atoms. The van der Waals surface area contributed by atoms with Crippen molar-refractivity contribution < 1.29 is 23.0 Å². The summed E-state index contributed by atoms with van der Waals surface area (Å²) >= 11 is 1.25. The molecule has 162 valence electrons. The average Bonchev–Trinajstić information content (AvgIpc) is 3.21. The zero-order valence-corrected chi connectivity index (χ0v) is 17.9. The molecule has 0 radical (unpaired) electrons. The van der Waals surface area contributed by atoms with E-state index in [1.54, 1.807) is 37.3 Å². The third-order valence-corrected chi connectivity index (χ3v) is 6.15. The molecule has 31 heavy (non-hydrogen) atoms. The van der Waals surface area contributed by atoms with E-state index in [1.807, 2.05) is 11.0 Å². The third-order valence-electron chi connectivity index (χ3n) is 5.09. The van der Waals surface area contributed by atoms with E-state index < -0.39 is 11.6 Å². The maximum Gasteiger partial charge on any atom is 0.246 e. The molecule has 4 rings (SSSR count). The van der Waals surface area contributed by atoms with Gasteiger partial charge < -0.3 is 19.3 Å². The van der Waals surface area contributed by atoms with Crippen molar-refractivity contribution in [2.75, 3.05) is 45.3 Å². The number of hydrogen-bond donors (Lipinski definition) is 0. The summed E-state index contributed by atoms with van der Waals surface area (Å²) in [6, 6.07) is 7.56. The van der Waals surface area contributed by atoms with Gasteiger partial charge in [-0.25, -0.2) is 13.8 Å². The second-order valence-electron chi connectivity index (χ2n) is 6.99. The van der Waals surface area contributed by atoms with Gasteiger partial charge in [0.15, 0.2) is 22.4 Å². The number of carbonyl (C=O) groups excluding carboxylic acids is 1. The van der Waals surface area contributed by atoms with Crippen LogP contribution in [0.15, 0.2) is 36.4 Å². The normalized spacial score (nSPS) is 14.5. The summed E-state index contributed by atoms with van der Waals surface area (Å²) < 4.78 is 38.3. The number of thiazole rings is 1. The number of carbonyl (C=O) groups is 1. The molecule has 1 aromatic heterocycles. The highest BCUT2D eigenvalue weighted by Crippen LogP contribution is 2.32. The minimum absolute atomic E-state index is 0.0909. The van der Waals surface area contributed by atoms with Crippen LogP contribution in [0.25, 0.3) is 16.3 Å². The lowest BCUT2D eigenvalue weighted by molar-refractivity contribution is -0.126. The summed E-state index contributed by atoms with van der Waals surface area (Å²) in [5.41, 5.74) is 1.01. The summed E-state index contributed by atoms with van der Waals surface area (Å²) in [5, 5.41) is 0.632. The number of hydrogen-bond acceptors (Lipinski definition) is 6. The van der Waals surface area contributed by atoms with E-state index in [1.165, 1.54) is 23.5 Å². The van der Waals surface area contributed by atoms with E-state index in [-0.39, 0.29) is 11.4 Å². The SMILES string of the molecule is COc1ccc(/C=C\C(=O)N2CCN(c3nc4c(F)cc(F)cc4s3)CC2)cc1OC. The van der Waals surface area contributed by atoms with Crippen molar-refractivity contribution in [2.45, 2.75) is 0 Å². The summed E-state index contributed by atoms with van der Waals surface area (Å²) in [5.74, 6) is -0.146. The Hall–Kier alpha value is -3.20. The van der Waals surface area contributed by atoms with E-state index in [0.29, 0.717) is 47.5 Å². The molecule has 9 heteroatoms. The van der Waals surface area contributed by atoms with Gasteiger partial charge in [-0.05, 0) is 29.8 Å². The minimum atomic E-state index is -0.661. The smallest absolute Gasteiger partial charge is 0.246 e. The maximum atomic E-state index is 13.9. The second kappa shape index (κ2) is 8.89. The Balaban J connectivity index is 1.39. The van der Waals surface area contributed by atoms with Crippen LogP contribution in [-0.2, 0) is 4.79 Å². The molecule has 1 aliphatic rings. The number of nitrogens with zero attached hydrogens (tertiary/aromatic N) is 3. The topological polar surface area (TPSA) is 54.9 Å². The van der Waals surface area contributed by atoms with Crippen molar-refractivity contribution in [2.24, 2.45) is 0 Å². The van der Waals surface area contributed by atoms with Crippen molar-refractivity contribution in [3.8, 4) is 11.5 Å².